The number of anilines is 1. The van der Waals surface area contributed by atoms with Crippen LogP contribution in [0.4, 0.5) is 19.0 Å². The molecule has 5 heteroatoms. The van der Waals surface area contributed by atoms with E-state index in [-0.39, 0.29) is 0 Å². The van der Waals surface area contributed by atoms with E-state index in [9.17, 15) is 13.2 Å². The first kappa shape index (κ1) is 11.4. The second kappa shape index (κ2) is 4.08. The molecular weight excluding hydrogens is 229 g/mol. The number of hydrogen-bond donors (Lipinski definition) is 1. The number of aromatic nitrogens is 1. The van der Waals surface area contributed by atoms with E-state index >= 15 is 0 Å². The fraction of sp³-hybridized carbons (Fsp3) is 0.0833. The predicted molar refractivity (Wildman–Crippen MR) is 59.1 cm³/mol. The van der Waals surface area contributed by atoms with Crippen molar-refractivity contribution in [1.29, 1.82) is 0 Å². The summed E-state index contributed by atoms with van der Waals surface area (Å²) in [6.45, 7) is 0. The molecule has 17 heavy (non-hydrogen) atoms. The molecule has 0 aliphatic rings. The van der Waals surface area contributed by atoms with E-state index in [1.807, 2.05) is 0 Å². The molecular formula is C12H9F3N2. The monoisotopic (exact) mass is 238 g/mol. The fourth-order valence-electron chi connectivity index (χ4n) is 1.43. The van der Waals surface area contributed by atoms with Gasteiger partial charge in [0.25, 0.3) is 0 Å². The Balaban J connectivity index is 2.33. The van der Waals surface area contributed by atoms with Gasteiger partial charge >= 0.3 is 6.18 Å². The average molecular weight is 238 g/mol. The SMILES string of the molecule is Nc1ccc(-c2ccc(C(F)(F)F)cc2)cn1. The minimum atomic E-state index is -4.31. The van der Waals surface area contributed by atoms with Crippen LogP contribution in [-0.2, 0) is 6.18 Å². The molecule has 0 atom stereocenters. The number of halogens is 3. The van der Waals surface area contributed by atoms with E-state index in [0.29, 0.717) is 11.4 Å². The minimum Gasteiger partial charge on any atom is -0.384 e. The van der Waals surface area contributed by atoms with Crippen molar-refractivity contribution in [1.82, 2.24) is 4.98 Å². The summed E-state index contributed by atoms with van der Waals surface area (Å²) in [5.41, 5.74) is 6.17. The molecule has 2 nitrogen and oxygen atoms in total. The van der Waals surface area contributed by atoms with Crippen LogP contribution in [0, 0.1) is 0 Å². The maximum atomic E-state index is 12.3. The van der Waals surface area contributed by atoms with Crippen LogP contribution in [0.1, 0.15) is 5.56 Å². The number of benzene rings is 1. The molecule has 0 saturated heterocycles. The van der Waals surface area contributed by atoms with Crippen molar-refractivity contribution >= 4 is 5.82 Å². The van der Waals surface area contributed by atoms with Gasteiger partial charge < -0.3 is 5.73 Å². The Morgan fingerprint density at radius 1 is 0.882 bits per heavy atom. The van der Waals surface area contributed by atoms with Gasteiger partial charge in [-0.05, 0) is 29.8 Å². The predicted octanol–water partition coefficient (Wildman–Crippen LogP) is 3.35. The van der Waals surface area contributed by atoms with Gasteiger partial charge in [0.05, 0.1) is 5.56 Å². The highest BCUT2D eigenvalue weighted by atomic mass is 19.4. The zero-order valence-electron chi connectivity index (χ0n) is 8.70. The normalized spacial score (nSPS) is 11.5. The summed E-state index contributed by atoms with van der Waals surface area (Å²) in [5.74, 6) is 0.376. The Labute approximate surface area is 95.9 Å². The molecule has 1 aromatic carbocycles. The summed E-state index contributed by atoms with van der Waals surface area (Å²) in [5, 5.41) is 0. The Kier molecular flexibility index (Phi) is 2.75. The third kappa shape index (κ3) is 2.55. The molecule has 88 valence electrons. The molecule has 2 rings (SSSR count). The lowest BCUT2D eigenvalue weighted by atomic mass is 10.1. The van der Waals surface area contributed by atoms with Crippen LogP contribution in [-0.4, -0.2) is 4.98 Å². The van der Waals surface area contributed by atoms with Crippen LogP contribution in [0.15, 0.2) is 42.6 Å². The van der Waals surface area contributed by atoms with Gasteiger partial charge in [-0.25, -0.2) is 4.98 Å². The summed E-state index contributed by atoms with van der Waals surface area (Å²) in [4.78, 5) is 3.88. The Bertz CT molecular complexity index is 501. The fourth-order valence-corrected chi connectivity index (χ4v) is 1.43. The first-order valence-corrected chi connectivity index (χ1v) is 4.86. The number of nitrogens with zero attached hydrogens (tertiary/aromatic N) is 1. The molecule has 2 N–H and O–H groups in total. The van der Waals surface area contributed by atoms with E-state index < -0.39 is 11.7 Å². The Hall–Kier alpha value is -2.04. The van der Waals surface area contributed by atoms with Gasteiger partial charge in [-0.1, -0.05) is 12.1 Å². The number of hydrogen-bond acceptors (Lipinski definition) is 2. The molecule has 0 bridgehead atoms. The van der Waals surface area contributed by atoms with Crippen molar-refractivity contribution in [2.75, 3.05) is 5.73 Å². The lowest BCUT2D eigenvalue weighted by Gasteiger charge is -2.07. The molecule has 0 amide bonds. The van der Waals surface area contributed by atoms with E-state index in [1.165, 1.54) is 18.3 Å². The van der Waals surface area contributed by atoms with Crippen molar-refractivity contribution in [2.24, 2.45) is 0 Å². The molecule has 0 fully saturated rings. The maximum Gasteiger partial charge on any atom is 0.416 e. The standard InChI is InChI=1S/C12H9F3N2/c13-12(14,15)10-4-1-8(2-5-10)9-3-6-11(16)17-7-9/h1-7H,(H2,16,17). The summed E-state index contributed by atoms with van der Waals surface area (Å²) in [7, 11) is 0. The highest BCUT2D eigenvalue weighted by Crippen LogP contribution is 2.30. The molecule has 0 saturated carbocycles. The minimum absolute atomic E-state index is 0.376. The topological polar surface area (TPSA) is 38.9 Å². The number of rotatable bonds is 1. The van der Waals surface area contributed by atoms with Crippen LogP contribution in [0.2, 0.25) is 0 Å². The van der Waals surface area contributed by atoms with Crippen LogP contribution < -0.4 is 5.73 Å². The molecule has 2 aromatic rings. The van der Waals surface area contributed by atoms with Crippen LogP contribution >= 0.6 is 0 Å². The highest BCUT2D eigenvalue weighted by molar-refractivity contribution is 5.63. The number of nitrogen functional groups attached to an aromatic ring is 1. The van der Waals surface area contributed by atoms with Gasteiger partial charge in [0.15, 0.2) is 0 Å². The van der Waals surface area contributed by atoms with E-state index in [1.54, 1.807) is 12.1 Å². The zero-order valence-corrected chi connectivity index (χ0v) is 8.70. The van der Waals surface area contributed by atoms with Crippen LogP contribution in [0.5, 0.6) is 0 Å². The first-order valence-electron chi connectivity index (χ1n) is 4.86. The molecule has 1 aromatic heterocycles. The van der Waals surface area contributed by atoms with Crippen LogP contribution in [0.25, 0.3) is 11.1 Å². The molecule has 0 spiro atoms. The summed E-state index contributed by atoms with van der Waals surface area (Å²) in [6.07, 6.45) is -2.78. The lowest BCUT2D eigenvalue weighted by Crippen LogP contribution is -2.04. The van der Waals surface area contributed by atoms with Crippen molar-refractivity contribution in [3.05, 3.63) is 48.2 Å². The van der Waals surface area contributed by atoms with Crippen molar-refractivity contribution < 1.29 is 13.2 Å². The molecule has 0 aliphatic heterocycles. The summed E-state index contributed by atoms with van der Waals surface area (Å²) >= 11 is 0. The van der Waals surface area contributed by atoms with Crippen LogP contribution in [0.3, 0.4) is 0 Å². The molecule has 0 unspecified atom stereocenters. The van der Waals surface area contributed by atoms with Crippen molar-refractivity contribution in [3.8, 4) is 11.1 Å². The molecule has 1 heterocycles. The zero-order chi connectivity index (χ0) is 12.5. The number of nitrogens with two attached hydrogens (primary N) is 1. The third-order valence-corrected chi connectivity index (χ3v) is 2.33. The lowest BCUT2D eigenvalue weighted by molar-refractivity contribution is -0.137. The second-order valence-electron chi connectivity index (χ2n) is 3.55. The summed E-state index contributed by atoms with van der Waals surface area (Å²) < 4.78 is 37.0. The molecule has 0 radical (unpaired) electrons. The van der Waals surface area contributed by atoms with Crippen molar-refractivity contribution in [3.63, 3.8) is 0 Å². The quantitative estimate of drug-likeness (QED) is 0.827. The molecule has 0 aliphatic carbocycles. The van der Waals surface area contributed by atoms with E-state index in [2.05, 4.69) is 4.98 Å². The van der Waals surface area contributed by atoms with E-state index in [4.69, 9.17) is 5.73 Å². The average Bonchev–Trinajstić information content (AvgIpc) is 2.29. The van der Waals surface area contributed by atoms with Crippen molar-refractivity contribution in [2.45, 2.75) is 6.18 Å². The second-order valence-corrected chi connectivity index (χ2v) is 3.55. The summed E-state index contributed by atoms with van der Waals surface area (Å²) in [6, 6.07) is 8.24. The Morgan fingerprint density at radius 2 is 1.47 bits per heavy atom. The number of pyridine rings is 1. The van der Waals surface area contributed by atoms with Gasteiger partial charge in [0.1, 0.15) is 5.82 Å². The number of alkyl halides is 3. The third-order valence-electron chi connectivity index (χ3n) is 2.33. The highest BCUT2D eigenvalue weighted by Gasteiger charge is 2.29. The van der Waals surface area contributed by atoms with Gasteiger partial charge in [0.2, 0.25) is 0 Å². The maximum absolute atomic E-state index is 12.3. The van der Waals surface area contributed by atoms with Gasteiger partial charge in [-0.15, -0.1) is 0 Å². The smallest absolute Gasteiger partial charge is 0.384 e. The Morgan fingerprint density at radius 3 is 1.94 bits per heavy atom. The first-order chi connectivity index (χ1) is 7.97. The van der Waals surface area contributed by atoms with Gasteiger partial charge in [-0.3, -0.25) is 0 Å². The van der Waals surface area contributed by atoms with E-state index in [0.717, 1.165) is 17.7 Å². The van der Waals surface area contributed by atoms with Gasteiger partial charge in [0, 0.05) is 11.8 Å². The van der Waals surface area contributed by atoms with Gasteiger partial charge in [-0.2, -0.15) is 13.2 Å². The largest absolute Gasteiger partial charge is 0.416 e.